The minimum absolute atomic E-state index is 0.00245. The number of hydrogen-bond acceptors (Lipinski definition) is 9. The largest absolute Gasteiger partial charge is 0.344 e. The molecule has 18 heteroatoms. The molecule has 0 saturated heterocycles. The molecule has 292 valence electrons. The van der Waals surface area contributed by atoms with E-state index in [1.165, 1.54) is 18.2 Å². The summed E-state index contributed by atoms with van der Waals surface area (Å²) in [6.07, 6.45) is 9.00. The zero-order valence-corrected chi connectivity index (χ0v) is 33.6. The van der Waals surface area contributed by atoms with Crippen LogP contribution in [0.15, 0.2) is 105 Å². The smallest absolute Gasteiger partial charge is 0.295 e. The first-order chi connectivity index (χ1) is 25.2. The summed E-state index contributed by atoms with van der Waals surface area (Å²) in [6, 6.07) is 13.1. The van der Waals surface area contributed by atoms with E-state index in [2.05, 4.69) is 0 Å². The van der Waals surface area contributed by atoms with Crippen LogP contribution in [0.4, 0.5) is 11.4 Å². The van der Waals surface area contributed by atoms with Crippen LogP contribution in [0.1, 0.15) is 45.2 Å². The summed E-state index contributed by atoms with van der Waals surface area (Å²) < 4.78 is 137. The number of nitrogens with zero attached hydrogens (tertiary/aromatic N) is 2. The van der Waals surface area contributed by atoms with Crippen molar-refractivity contribution in [3.63, 3.8) is 0 Å². The Morgan fingerprint density at radius 3 is 1.93 bits per heavy atom. The van der Waals surface area contributed by atoms with Crippen molar-refractivity contribution < 1.29 is 56.5 Å². The fraction of sp³-hybridized carbons (Fsp3) is 0.270. The molecule has 4 aromatic rings. The summed E-state index contributed by atoms with van der Waals surface area (Å²) in [6.45, 7) is 7.71. The number of benzene rings is 4. The first-order valence-corrected chi connectivity index (χ1v) is 22.7. The molecule has 0 aliphatic carbocycles. The predicted octanol–water partition coefficient (Wildman–Crippen LogP) is 5.81. The second kappa shape index (κ2) is 13.4. The third kappa shape index (κ3) is 7.40. The quantitative estimate of drug-likeness (QED) is 0.0842. The van der Waals surface area contributed by atoms with Gasteiger partial charge in [0.25, 0.3) is 40.5 Å². The Bertz CT molecular complexity index is 2910. The molecule has 14 nitrogen and oxygen atoms in total. The number of fused-ring (bicyclic) bond motifs is 6. The third-order valence-electron chi connectivity index (χ3n) is 10.2. The van der Waals surface area contributed by atoms with Crippen molar-refractivity contribution >= 4 is 79.1 Å². The van der Waals surface area contributed by atoms with E-state index < -0.39 is 66.8 Å². The van der Waals surface area contributed by atoms with E-state index in [4.69, 9.17) is 0 Å². The molecule has 0 atom stereocenters. The van der Waals surface area contributed by atoms with Gasteiger partial charge in [0.1, 0.15) is 11.9 Å². The maximum atomic E-state index is 12.4. The molecule has 2 aliphatic heterocycles. The molecular formula is C37H39N2O12S4+. The van der Waals surface area contributed by atoms with Crippen LogP contribution >= 0.6 is 0 Å². The average Bonchev–Trinajstić information content (AvgIpc) is 3.39. The maximum absolute atomic E-state index is 12.4. The summed E-state index contributed by atoms with van der Waals surface area (Å²) in [7, 11) is -16.7. The minimum atomic E-state index is -4.96. The minimum Gasteiger partial charge on any atom is -0.344 e. The highest BCUT2D eigenvalue weighted by Crippen LogP contribution is 2.52. The lowest BCUT2D eigenvalue weighted by atomic mass is 9.79. The zero-order valence-electron chi connectivity index (χ0n) is 30.3. The molecule has 0 fully saturated rings. The third-order valence-corrected chi connectivity index (χ3v) is 13.6. The lowest BCUT2D eigenvalue weighted by Crippen LogP contribution is -2.28. The van der Waals surface area contributed by atoms with E-state index in [1.807, 2.05) is 49.8 Å². The van der Waals surface area contributed by atoms with Gasteiger partial charge in [-0.2, -0.15) is 38.2 Å². The van der Waals surface area contributed by atoms with Crippen LogP contribution in [0.25, 0.3) is 21.5 Å². The Kier molecular flexibility index (Phi) is 9.87. The molecule has 0 radical (unpaired) electrons. The van der Waals surface area contributed by atoms with Crippen molar-refractivity contribution in [2.45, 2.75) is 59.6 Å². The molecule has 4 aromatic carbocycles. The molecule has 2 heterocycles. The highest BCUT2D eigenvalue weighted by molar-refractivity contribution is 7.87. The van der Waals surface area contributed by atoms with E-state index in [-0.39, 0.29) is 28.6 Å². The van der Waals surface area contributed by atoms with Crippen LogP contribution in [0.5, 0.6) is 0 Å². The van der Waals surface area contributed by atoms with Gasteiger partial charge in [-0.25, -0.2) is 0 Å². The van der Waals surface area contributed by atoms with E-state index in [9.17, 15) is 51.9 Å². The second-order valence-electron chi connectivity index (χ2n) is 14.5. The highest BCUT2D eigenvalue weighted by Gasteiger charge is 2.45. The van der Waals surface area contributed by atoms with Crippen LogP contribution in [0, 0.1) is 0 Å². The molecule has 0 aromatic heterocycles. The Hall–Kier alpha value is -4.27. The maximum Gasteiger partial charge on any atom is 0.295 e. The van der Waals surface area contributed by atoms with Gasteiger partial charge in [0, 0.05) is 46.4 Å². The lowest BCUT2D eigenvalue weighted by Gasteiger charge is -2.27. The number of anilines is 1. The van der Waals surface area contributed by atoms with Gasteiger partial charge in [-0.05, 0) is 84.5 Å². The standard InChI is InChI=1S/C37H38N2O12S4/c1-36(2)32(38(5)29-16-13-23-12-14-24(53(43,44)45)20-27(23)34(29)36)10-7-6-8-11-33-37(3,4)35-28-21-25(54(46,47)48)22-31(55(49,50)51)26(28)15-17-30(35)39(33)18-9-19-52(40,41)42/h6-8,10-17,20-22H,9,18-19H2,1-5H3,(H3-,40,41,42,43,44,45,46,47,48,49,50,51)/p+1. The first-order valence-electron chi connectivity index (χ1n) is 16.7. The Morgan fingerprint density at radius 2 is 1.31 bits per heavy atom. The Morgan fingerprint density at radius 1 is 0.673 bits per heavy atom. The van der Waals surface area contributed by atoms with Crippen LogP contribution in [0.3, 0.4) is 0 Å². The van der Waals surface area contributed by atoms with E-state index in [0.717, 1.165) is 28.4 Å². The molecule has 0 unspecified atom stereocenters. The molecular weight excluding hydrogens is 793 g/mol. The summed E-state index contributed by atoms with van der Waals surface area (Å²) in [5.41, 5.74) is 2.62. The topological polar surface area (TPSA) is 224 Å². The molecule has 55 heavy (non-hydrogen) atoms. The monoisotopic (exact) mass is 831 g/mol. The van der Waals surface area contributed by atoms with Gasteiger partial charge in [0.2, 0.25) is 5.69 Å². The van der Waals surface area contributed by atoms with Crippen molar-refractivity contribution in [1.29, 1.82) is 0 Å². The van der Waals surface area contributed by atoms with E-state index in [0.29, 0.717) is 28.4 Å². The molecule has 6 rings (SSSR count). The van der Waals surface area contributed by atoms with Crippen LogP contribution in [-0.2, 0) is 51.3 Å². The predicted molar refractivity (Wildman–Crippen MR) is 209 cm³/mol. The normalized spacial score (nSPS) is 18.1. The molecule has 4 N–H and O–H groups in total. The fourth-order valence-electron chi connectivity index (χ4n) is 7.89. The van der Waals surface area contributed by atoms with E-state index in [1.54, 1.807) is 49.1 Å². The van der Waals surface area contributed by atoms with Crippen molar-refractivity contribution in [3.05, 3.63) is 102 Å². The van der Waals surface area contributed by atoms with Crippen molar-refractivity contribution in [1.82, 2.24) is 0 Å². The second-order valence-corrected chi connectivity index (χ2v) is 20.3. The van der Waals surface area contributed by atoms with Gasteiger partial charge in [-0.15, -0.1) is 0 Å². The van der Waals surface area contributed by atoms with Crippen LogP contribution in [-0.4, -0.2) is 81.5 Å². The number of allylic oxidation sites excluding steroid dienone is 6. The van der Waals surface area contributed by atoms with Gasteiger partial charge < -0.3 is 4.90 Å². The highest BCUT2D eigenvalue weighted by atomic mass is 32.2. The average molecular weight is 832 g/mol. The summed E-state index contributed by atoms with van der Waals surface area (Å²) in [5, 5.41) is 1.62. The van der Waals surface area contributed by atoms with Gasteiger partial charge in [-0.1, -0.05) is 44.2 Å². The molecule has 0 bridgehead atoms. The molecule has 0 amide bonds. The number of hydrogen-bond donors (Lipinski definition) is 4. The van der Waals surface area contributed by atoms with Gasteiger partial charge >= 0.3 is 0 Å². The van der Waals surface area contributed by atoms with Crippen molar-refractivity contribution in [2.75, 3.05) is 24.2 Å². The summed E-state index contributed by atoms with van der Waals surface area (Å²) in [5.74, 6) is -0.546. The van der Waals surface area contributed by atoms with E-state index >= 15 is 0 Å². The Labute approximate surface area is 319 Å². The fourth-order valence-corrected chi connectivity index (χ4v) is 10.2. The lowest BCUT2D eigenvalue weighted by molar-refractivity contribution is -0.401. The molecule has 0 spiro atoms. The van der Waals surface area contributed by atoms with Gasteiger partial charge in [-0.3, -0.25) is 18.2 Å². The zero-order chi connectivity index (χ0) is 40.7. The SMILES string of the molecule is C[N+]1=C(/C=C/C=C/C=C2/N(CCCS(=O)(=O)O)c3ccc4c(S(=O)(=O)O)cc(S(=O)(=O)O)cc4c3C2(C)C)C(C)(C)c2c1ccc1ccc(S(=O)(=O)O)cc21. The van der Waals surface area contributed by atoms with Crippen LogP contribution < -0.4 is 4.90 Å². The van der Waals surface area contributed by atoms with Crippen LogP contribution in [0.2, 0.25) is 0 Å². The van der Waals surface area contributed by atoms with Crippen molar-refractivity contribution in [2.24, 2.45) is 0 Å². The van der Waals surface area contributed by atoms with Gasteiger partial charge in [0.15, 0.2) is 5.71 Å². The van der Waals surface area contributed by atoms with Crippen molar-refractivity contribution in [3.8, 4) is 0 Å². The van der Waals surface area contributed by atoms with Gasteiger partial charge in [0.05, 0.1) is 21.0 Å². The summed E-state index contributed by atoms with van der Waals surface area (Å²) in [4.78, 5) is 0.111. The molecule has 0 saturated carbocycles. The Balaban J connectivity index is 1.42. The number of rotatable bonds is 10. The molecule has 2 aliphatic rings. The first kappa shape index (κ1) is 40.4. The summed E-state index contributed by atoms with van der Waals surface area (Å²) >= 11 is 0.